The van der Waals surface area contributed by atoms with Crippen molar-refractivity contribution >= 4 is 10.8 Å². The van der Waals surface area contributed by atoms with E-state index in [1.807, 2.05) is 13.8 Å². The van der Waals surface area contributed by atoms with Crippen LogP contribution in [0.25, 0.3) is 0 Å². The average Bonchev–Trinajstić information content (AvgIpc) is 2.77. The number of nitrogens with one attached hydrogen (secondary N) is 1. The molecule has 0 fully saturated rings. The monoisotopic (exact) mass is 287 g/mol. The van der Waals surface area contributed by atoms with Gasteiger partial charge in [-0.1, -0.05) is 13.0 Å². The maximum absolute atomic E-state index is 13.5. The molecule has 2 rings (SSSR count). The molecule has 0 amide bonds. The fourth-order valence-corrected chi connectivity index (χ4v) is 2.88. The van der Waals surface area contributed by atoms with Gasteiger partial charge < -0.3 is 0 Å². The highest BCUT2D eigenvalue weighted by molar-refractivity contribution is 7.88. The second-order valence-corrected chi connectivity index (χ2v) is 5.99. The lowest BCUT2D eigenvalue weighted by atomic mass is 10.1. The fraction of sp³-hybridized carbons (Fsp3) is 0.385. The zero-order chi connectivity index (χ0) is 14.0. The Morgan fingerprint density at radius 1 is 1.37 bits per heavy atom. The summed E-state index contributed by atoms with van der Waals surface area (Å²) in [7, 11) is -1.57. The number of benzene rings is 1. The van der Waals surface area contributed by atoms with Gasteiger partial charge >= 0.3 is 0 Å². The molecule has 104 valence electrons. The van der Waals surface area contributed by atoms with Crippen LogP contribution in [0.5, 0.6) is 0 Å². The molecular formula is C13H15F2NO2S. The van der Waals surface area contributed by atoms with E-state index in [0.29, 0.717) is 11.4 Å². The first kappa shape index (κ1) is 14.1. The Bertz CT molecular complexity index is 527. The second-order valence-electron chi connectivity index (χ2n) is 4.57. The lowest BCUT2D eigenvalue weighted by Gasteiger charge is -2.16. The molecule has 1 aliphatic heterocycles. The molecule has 1 aromatic carbocycles. The Balaban J connectivity index is 2.17. The Kier molecular flexibility index (Phi) is 4.01. The van der Waals surface area contributed by atoms with Crippen molar-refractivity contribution < 1.29 is 17.8 Å². The molecule has 1 aromatic rings. The molecule has 19 heavy (non-hydrogen) atoms. The molecule has 2 unspecified atom stereocenters. The van der Waals surface area contributed by atoms with Crippen molar-refractivity contribution in [2.45, 2.75) is 31.6 Å². The van der Waals surface area contributed by atoms with Gasteiger partial charge in [-0.25, -0.2) is 8.78 Å². The lowest BCUT2D eigenvalue weighted by Crippen LogP contribution is -2.24. The van der Waals surface area contributed by atoms with Crippen LogP contribution in [0.15, 0.2) is 29.3 Å². The van der Waals surface area contributed by atoms with E-state index in [9.17, 15) is 13.0 Å². The topological polar surface area (TPSA) is 38.3 Å². The van der Waals surface area contributed by atoms with Crippen LogP contribution in [-0.2, 0) is 21.4 Å². The quantitative estimate of drug-likeness (QED) is 0.925. The second kappa shape index (κ2) is 5.38. The first-order valence-electron chi connectivity index (χ1n) is 5.93. The van der Waals surface area contributed by atoms with E-state index < -0.39 is 28.0 Å². The molecule has 1 N–H and O–H groups in total. The summed E-state index contributed by atoms with van der Waals surface area (Å²) in [6.07, 6.45) is 2.40. The van der Waals surface area contributed by atoms with Crippen molar-refractivity contribution in [2.24, 2.45) is 0 Å². The standard InChI is InChI=1S/C13H15F2NO2S/c1-3-13(2)7-12(16-18-13)19(17)8-9-10(14)5-4-6-11(9)15/h4-7,16H,3,8H2,1-2H3. The third-order valence-corrected chi connectivity index (χ3v) is 4.35. The SMILES string of the molecule is CCC1(C)C=C(S(=O)Cc2c(F)cccc2F)NO1. The number of hydrogen-bond donors (Lipinski definition) is 1. The molecular weight excluding hydrogens is 272 g/mol. The number of hydrogen-bond acceptors (Lipinski definition) is 3. The van der Waals surface area contributed by atoms with E-state index in [4.69, 9.17) is 4.84 Å². The van der Waals surface area contributed by atoms with Gasteiger partial charge in [0.05, 0.1) is 16.6 Å². The molecule has 0 bridgehead atoms. The third kappa shape index (κ3) is 3.01. The summed E-state index contributed by atoms with van der Waals surface area (Å²) >= 11 is 0. The van der Waals surface area contributed by atoms with E-state index in [1.54, 1.807) is 6.08 Å². The van der Waals surface area contributed by atoms with Crippen molar-refractivity contribution in [3.05, 3.63) is 46.5 Å². The van der Waals surface area contributed by atoms with Crippen molar-refractivity contribution in [3.63, 3.8) is 0 Å². The van der Waals surface area contributed by atoms with E-state index in [2.05, 4.69) is 5.48 Å². The van der Waals surface area contributed by atoms with E-state index in [-0.39, 0.29) is 11.3 Å². The Labute approximate surface area is 113 Å². The highest BCUT2D eigenvalue weighted by Gasteiger charge is 2.30. The van der Waals surface area contributed by atoms with Gasteiger partial charge in [-0.3, -0.25) is 14.5 Å². The maximum atomic E-state index is 13.5. The minimum atomic E-state index is -1.57. The largest absolute Gasteiger partial charge is 0.265 e. The molecule has 0 saturated carbocycles. The van der Waals surface area contributed by atoms with Gasteiger partial charge in [0.15, 0.2) is 0 Å². The highest BCUT2D eigenvalue weighted by atomic mass is 32.2. The summed E-state index contributed by atoms with van der Waals surface area (Å²) in [5.74, 6) is -1.60. The van der Waals surface area contributed by atoms with Crippen molar-refractivity contribution in [1.82, 2.24) is 5.48 Å². The van der Waals surface area contributed by atoms with Crippen LogP contribution in [0, 0.1) is 11.6 Å². The van der Waals surface area contributed by atoms with Gasteiger partial charge in [-0.2, -0.15) is 0 Å². The van der Waals surface area contributed by atoms with Crippen molar-refractivity contribution in [1.29, 1.82) is 0 Å². The highest BCUT2D eigenvalue weighted by Crippen LogP contribution is 2.26. The first-order valence-corrected chi connectivity index (χ1v) is 7.25. The van der Waals surface area contributed by atoms with Crippen LogP contribution in [0.2, 0.25) is 0 Å². The van der Waals surface area contributed by atoms with Crippen molar-refractivity contribution in [2.75, 3.05) is 0 Å². The molecule has 1 heterocycles. The fourth-order valence-electron chi connectivity index (χ4n) is 1.67. The summed E-state index contributed by atoms with van der Waals surface area (Å²) in [6, 6.07) is 3.58. The van der Waals surface area contributed by atoms with Crippen molar-refractivity contribution in [3.8, 4) is 0 Å². The molecule has 2 atom stereocenters. The molecule has 3 nitrogen and oxygen atoms in total. The molecule has 1 aliphatic rings. The predicted octanol–water partition coefficient (Wildman–Crippen LogP) is 2.76. The molecule has 0 saturated heterocycles. The van der Waals surface area contributed by atoms with Crippen LogP contribution >= 0.6 is 0 Å². The molecule has 0 spiro atoms. The maximum Gasteiger partial charge on any atom is 0.130 e. The first-order chi connectivity index (χ1) is 8.95. The van der Waals surface area contributed by atoms with Gasteiger partial charge in [-0.05, 0) is 31.6 Å². The van der Waals surface area contributed by atoms with Gasteiger partial charge in [0.1, 0.15) is 22.3 Å². The Morgan fingerprint density at radius 3 is 2.53 bits per heavy atom. The van der Waals surface area contributed by atoms with E-state index in [1.165, 1.54) is 6.07 Å². The minimum Gasteiger partial charge on any atom is -0.265 e. The summed E-state index contributed by atoms with van der Waals surface area (Å²) < 4.78 is 39.0. The van der Waals surface area contributed by atoms with Crippen LogP contribution < -0.4 is 5.48 Å². The number of halogens is 2. The van der Waals surface area contributed by atoms with Crippen LogP contribution in [0.3, 0.4) is 0 Å². The summed E-state index contributed by atoms with van der Waals surface area (Å²) in [6.45, 7) is 3.77. The lowest BCUT2D eigenvalue weighted by molar-refractivity contribution is -0.0275. The van der Waals surface area contributed by atoms with Gasteiger partial charge in [0.25, 0.3) is 0 Å². The zero-order valence-electron chi connectivity index (χ0n) is 10.7. The summed E-state index contributed by atoms with van der Waals surface area (Å²) in [5, 5.41) is 0.354. The summed E-state index contributed by atoms with van der Waals surface area (Å²) in [5.41, 5.74) is 1.87. The normalized spacial score (nSPS) is 23.9. The molecule has 6 heteroatoms. The van der Waals surface area contributed by atoms with Crippen LogP contribution in [0.1, 0.15) is 25.8 Å². The summed E-state index contributed by atoms with van der Waals surface area (Å²) in [4.78, 5) is 5.30. The predicted molar refractivity (Wildman–Crippen MR) is 69.2 cm³/mol. The number of rotatable bonds is 4. The van der Waals surface area contributed by atoms with Gasteiger partial charge in [-0.15, -0.1) is 0 Å². The van der Waals surface area contributed by atoms with Gasteiger partial charge in [0, 0.05) is 5.56 Å². The van der Waals surface area contributed by atoms with E-state index >= 15 is 0 Å². The average molecular weight is 287 g/mol. The Morgan fingerprint density at radius 2 is 2.00 bits per heavy atom. The van der Waals surface area contributed by atoms with Crippen LogP contribution in [-0.4, -0.2) is 9.81 Å². The minimum absolute atomic E-state index is 0.173. The zero-order valence-corrected chi connectivity index (χ0v) is 11.5. The Hall–Kier alpha value is -1.27. The smallest absolute Gasteiger partial charge is 0.130 e. The van der Waals surface area contributed by atoms with Crippen LogP contribution in [0.4, 0.5) is 8.78 Å². The van der Waals surface area contributed by atoms with Gasteiger partial charge in [0.2, 0.25) is 0 Å². The molecule has 0 aromatic heterocycles. The molecule has 0 aliphatic carbocycles. The number of hydroxylamine groups is 1. The third-order valence-electron chi connectivity index (χ3n) is 3.11. The van der Waals surface area contributed by atoms with E-state index in [0.717, 1.165) is 12.1 Å². The molecule has 0 radical (unpaired) electrons.